The molecule has 1 aliphatic heterocycles. The van der Waals surface area contributed by atoms with E-state index < -0.39 is 18.8 Å². The zero-order chi connectivity index (χ0) is 15.4. The zero-order valence-corrected chi connectivity index (χ0v) is 11.5. The first-order valence-corrected chi connectivity index (χ1v) is 6.53. The van der Waals surface area contributed by atoms with Crippen LogP contribution in [0.25, 0.3) is 0 Å². The second-order valence-electron chi connectivity index (χ2n) is 4.88. The van der Waals surface area contributed by atoms with E-state index in [1.54, 1.807) is 17.0 Å². The van der Waals surface area contributed by atoms with E-state index in [4.69, 9.17) is 4.74 Å². The van der Waals surface area contributed by atoms with Gasteiger partial charge in [0.2, 0.25) is 0 Å². The first kappa shape index (κ1) is 15.7. The first-order chi connectivity index (χ1) is 9.99. The molecule has 0 aromatic heterocycles. The van der Waals surface area contributed by atoms with Crippen molar-refractivity contribution in [3.8, 4) is 5.75 Å². The van der Waals surface area contributed by atoms with Gasteiger partial charge < -0.3 is 14.6 Å². The number of benzene rings is 1. The number of hydrogen-bond acceptors (Lipinski definition) is 5. The predicted molar refractivity (Wildman–Crippen MR) is 69.9 cm³/mol. The van der Waals surface area contributed by atoms with Gasteiger partial charge in [0, 0.05) is 19.5 Å². The molecule has 0 aliphatic carbocycles. The van der Waals surface area contributed by atoms with Gasteiger partial charge in [-0.25, -0.2) is 0 Å². The largest absolute Gasteiger partial charge is 0.468 e. The van der Waals surface area contributed by atoms with Crippen LogP contribution in [0, 0.1) is 0 Å². The van der Waals surface area contributed by atoms with Crippen molar-refractivity contribution in [3.05, 3.63) is 29.8 Å². The lowest BCUT2D eigenvalue weighted by molar-refractivity contribution is -0.146. The van der Waals surface area contributed by atoms with Crippen LogP contribution in [0.3, 0.4) is 0 Å². The third-order valence-electron chi connectivity index (χ3n) is 3.39. The summed E-state index contributed by atoms with van der Waals surface area (Å²) in [7, 11) is 1.31. The molecule has 7 heteroatoms. The standard InChI is InChI=1S/C14H17F2NO4/c1-20-13(19)12-6-10(18)8-17(12)7-9-2-4-11(5-3-9)21-14(15)16/h2-5,10,12,14,18H,6-8H2,1H3/t10-,12+/m1/s1. The number of aliphatic hydroxyl groups excluding tert-OH is 1. The van der Waals surface area contributed by atoms with Gasteiger partial charge in [-0.1, -0.05) is 12.1 Å². The van der Waals surface area contributed by atoms with E-state index >= 15 is 0 Å². The number of carbonyl (C=O) groups is 1. The van der Waals surface area contributed by atoms with E-state index in [0.29, 0.717) is 19.5 Å². The lowest BCUT2D eigenvalue weighted by atomic mass is 10.1. The molecule has 116 valence electrons. The lowest BCUT2D eigenvalue weighted by Gasteiger charge is -2.22. The number of ether oxygens (including phenoxy) is 2. The quantitative estimate of drug-likeness (QED) is 0.833. The Balaban J connectivity index is 2.01. The number of esters is 1. The Bertz CT molecular complexity index is 480. The molecule has 2 atom stereocenters. The Labute approximate surface area is 121 Å². The third-order valence-corrected chi connectivity index (χ3v) is 3.39. The molecule has 1 aromatic carbocycles. The van der Waals surface area contributed by atoms with E-state index in [0.717, 1.165) is 5.56 Å². The molecule has 0 unspecified atom stereocenters. The smallest absolute Gasteiger partial charge is 0.387 e. The van der Waals surface area contributed by atoms with E-state index in [9.17, 15) is 18.7 Å². The molecule has 1 saturated heterocycles. The Kier molecular flexibility index (Phi) is 5.08. The summed E-state index contributed by atoms with van der Waals surface area (Å²) in [4.78, 5) is 13.5. The van der Waals surface area contributed by atoms with Gasteiger partial charge in [0.15, 0.2) is 0 Å². The van der Waals surface area contributed by atoms with Crippen molar-refractivity contribution in [2.75, 3.05) is 13.7 Å². The monoisotopic (exact) mass is 301 g/mol. The Morgan fingerprint density at radius 1 is 1.43 bits per heavy atom. The minimum absolute atomic E-state index is 0.0831. The van der Waals surface area contributed by atoms with Crippen LogP contribution in [0.4, 0.5) is 8.78 Å². The van der Waals surface area contributed by atoms with Crippen LogP contribution in [0.5, 0.6) is 5.75 Å². The summed E-state index contributed by atoms with van der Waals surface area (Å²) in [6, 6.07) is 5.71. The number of aliphatic hydroxyl groups is 1. The molecule has 0 amide bonds. The molecule has 1 aliphatic rings. The van der Waals surface area contributed by atoms with Crippen LogP contribution in [0.2, 0.25) is 0 Å². The van der Waals surface area contributed by atoms with E-state index in [1.165, 1.54) is 19.2 Å². The fraction of sp³-hybridized carbons (Fsp3) is 0.500. The molecule has 1 heterocycles. The summed E-state index contributed by atoms with van der Waals surface area (Å²) >= 11 is 0. The SMILES string of the molecule is COC(=O)[C@@H]1C[C@@H](O)CN1Cc1ccc(OC(F)F)cc1. The van der Waals surface area contributed by atoms with Gasteiger partial charge in [0.05, 0.1) is 13.2 Å². The second-order valence-corrected chi connectivity index (χ2v) is 4.88. The van der Waals surface area contributed by atoms with E-state index in [-0.39, 0.29) is 11.7 Å². The van der Waals surface area contributed by atoms with Crippen molar-refractivity contribution in [3.63, 3.8) is 0 Å². The van der Waals surface area contributed by atoms with Crippen LogP contribution in [0.15, 0.2) is 24.3 Å². The maximum Gasteiger partial charge on any atom is 0.387 e. The van der Waals surface area contributed by atoms with Crippen molar-refractivity contribution in [1.29, 1.82) is 0 Å². The maximum atomic E-state index is 12.1. The van der Waals surface area contributed by atoms with Crippen LogP contribution < -0.4 is 4.74 Å². The number of rotatable bonds is 5. The number of likely N-dealkylation sites (tertiary alicyclic amines) is 1. The van der Waals surface area contributed by atoms with E-state index in [2.05, 4.69) is 4.74 Å². The maximum absolute atomic E-state index is 12.1. The van der Waals surface area contributed by atoms with Crippen LogP contribution in [0.1, 0.15) is 12.0 Å². The highest BCUT2D eigenvalue weighted by Gasteiger charge is 2.36. The molecule has 0 saturated carbocycles. The molecule has 21 heavy (non-hydrogen) atoms. The third kappa shape index (κ3) is 4.12. The lowest BCUT2D eigenvalue weighted by Crippen LogP contribution is -2.36. The molecule has 0 radical (unpaired) electrons. The topological polar surface area (TPSA) is 59.0 Å². The average Bonchev–Trinajstić information content (AvgIpc) is 2.80. The zero-order valence-electron chi connectivity index (χ0n) is 11.5. The number of hydrogen-bond donors (Lipinski definition) is 1. The second kappa shape index (κ2) is 6.82. The van der Waals surface area contributed by atoms with Gasteiger partial charge in [-0.3, -0.25) is 9.69 Å². The van der Waals surface area contributed by atoms with Crippen LogP contribution >= 0.6 is 0 Å². The van der Waals surface area contributed by atoms with Gasteiger partial charge in [-0.2, -0.15) is 8.78 Å². The highest BCUT2D eigenvalue weighted by atomic mass is 19.3. The predicted octanol–water partition coefficient (Wildman–Crippen LogP) is 1.40. The number of β-amino-alcohol motifs (C(OH)–C–C–N with tert-alkyl or cyclic N) is 1. The Hall–Kier alpha value is -1.73. The summed E-state index contributed by atoms with van der Waals surface area (Å²) in [5.41, 5.74) is 0.833. The number of carbonyl (C=O) groups excluding carboxylic acids is 1. The van der Waals surface area contributed by atoms with Crippen molar-refractivity contribution in [2.24, 2.45) is 0 Å². The summed E-state index contributed by atoms with van der Waals surface area (Å²) in [6.45, 7) is -2.06. The normalized spacial score (nSPS) is 22.5. The number of methoxy groups -OCH3 is 1. The summed E-state index contributed by atoms with van der Waals surface area (Å²) < 4.78 is 33.1. The van der Waals surface area contributed by atoms with Crippen molar-refractivity contribution in [1.82, 2.24) is 4.90 Å². The summed E-state index contributed by atoms with van der Waals surface area (Å²) in [5.74, 6) is -0.302. The van der Waals surface area contributed by atoms with Gasteiger partial charge in [0.25, 0.3) is 0 Å². The average molecular weight is 301 g/mol. The first-order valence-electron chi connectivity index (χ1n) is 6.53. The molecule has 1 N–H and O–H groups in total. The molecule has 1 fully saturated rings. The van der Waals surface area contributed by atoms with Gasteiger partial charge in [-0.05, 0) is 17.7 Å². The molecule has 0 spiro atoms. The van der Waals surface area contributed by atoms with Gasteiger partial charge in [-0.15, -0.1) is 0 Å². The highest BCUT2D eigenvalue weighted by molar-refractivity contribution is 5.76. The minimum atomic E-state index is -2.85. The number of nitrogens with zero attached hydrogens (tertiary/aromatic N) is 1. The highest BCUT2D eigenvalue weighted by Crippen LogP contribution is 2.23. The molecule has 0 bridgehead atoms. The van der Waals surface area contributed by atoms with Gasteiger partial charge in [0.1, 0.15) is 11.8 Å². The molecule has 1 aromatic rings. The summed E-state index contributed by atoms with van der Waals surface area (Å²) in [5, 5.41) is 9.68. The number of alkyl halides is 2. The molecule has 2 rings (SSSR count). The Morgan fingerprint density at radius 2 is 2.10 bits per heavy atom. The molecule has 5 nitrogen and oxygen atoms in total. The molecular formula is C14H17F2NO4. The van der Waals surface area contributed by atoms with Crippen molar-refractivity contribution >= 4 is 5.97 Å². The fourth-order valence-electron chi connectivity index (χ4n) is 2.45. The summed E-state index contributed by atoms with van der Waals surface area (Å²) in [6.07, 6.45) is -0.241. The van der Waals surface area contributed by atoms with Crippen molar-refractivity contribution < 1.29 is 28.2 Å². The number of halogens is 2. The van der Waals surface area contributed by atoms with Crippen LogP contribution in [-0.2, 0) is 16.1 Å². The molecular weight excluding hydrogens is 284 g/mol. The minimum Gasteiger partial charge on any atom is -0.468 e. The fourth-order valence-corrected chi connectivity index (χ4v) is 2.45. The Morgan fingerprint density at radius 3 is 2.67 bits per heavy atom. The van der Waals surface area contributed by atoms with Gasteiger partial charge >= 0.3 is 12.6 Å². The van der Waals surface area contributed by atoms with E-state index in [1.807, 2.05) is 0 Å². The van der Waals surface area contributed by atoms with Crippen molar-refractivity contribution in [2.45, 2.75) is 31.7 Å². The van der Waals surface area contributed by atoms with Crippen LogP contribution in [-0.4, -0.2) is 48.4 Å².